The molecule has 1 heterocycles. The minimum atomic E-state index is -1.04. The van der Waals surface area contributed by atoms with E-state index in [0.29, 0.717) is 29.7 Å². The predicted molar refractivity (Wildman–Crippen MR) is 108 cm³/mol. The third kappa shape index (κ3) is 3.41. The molecule has 1 saturated carbocycles. The first-order valence-electron chi connectivity index (χ1n) is 10.2. The Bertz CT molecular complexity index is 780. The molecule has 3 rings (SSSR count). The van der Waals surface area contributed by atoms with Crippen LogP contribution in [0, 0.1) is 5.92 Å². The number of esters is 1. The van der Waals surface area contributed by atoms with Crippen molar-refractivity contribution >= 4 is 5.97 Å². The number of hydrogen-bond donors (Lipinski definition) is 2. The minimum Gasteiger partial charge on any atom is -0.508 e. The van der Waals surface area contributed by atoms with Crippen molar-refractivity contribution < 1.29 is 24.5 Å². The highest BCUT2D eigenvalue weighted by Crippen LogP contribution is 2.57. The number of hydrogen-bond acceptors (Lipinski definition) is 5. The fourth-order valence-corrected chi connectivity index (χ4v) is 4.84. The van der Waals surface area contributed by atoms with Crippen molar-refractivity contribution in [2.24, 2.45) is 5.92 Å². The first-order valence-corrected chi connectivity index (χ1v) is 10.2. The van der Waals surface area contributed by atoms with E-state index in [-0.39, 0.29) is 17.6 Å². The van der Waals surface area contributed by atoms with Crippen LogP contribution in [0.25, 0.3) is 0 Å². The lowest BCUT2D eigenvalue weighted by Gasteiger charge is -2.42. The summed E-state index contributed by atoms with van der Waals surface area (Å²) in [5, 5.41) is 21.9. The van der Waals surface area contributed by atoms with E-state index in [4.69, 9.17) is 9.47 Å². The first kappa shape index (κ1) is 20.7. The highest BCUT2D eigenvalue weighted by atomic mass is 16.5. The van der Waals surface area contributed by atoms with E-state index >= 15 is 0 Å². The molecule has 1 aromatic rings. The summed E-state index contributed by atoms with van der Waals surface area (Å²) in [4.78, 5) is 12.7. The van der Waals surface area contributed by atoms with Crippen LogP contribution < -0.4 is 4.74 Å². The highest BCUT2D eigenvalue weighted by molar-refractivity contribution is 5.95. The van der Waals surface area contributed by atoms with Crippen LogP contribution in [0.3, 0.4) is 0 Å². The lowest BCUT2D eigenvalue weighted by Crippen LogP contribution is -2.50. The number of rotatable bonds is 6. The Labute approximate surface area is 167 Å². The molecule has 2 N–H and O–H groups in total. The molecule has 0 saturated heterocycles. The van der Waals surface area contributed by atoms with E-state index < -0.39 is 17.7 Å². The Morgan fingerprint density at radius 3 is 2.75 bits per heavy atom. The second-order valence-electron chi connectivity index (χ2n) is 8.53. The lowest BCUT2D eigenvalue weighted by atomic mass is 9.66. The number of carbonyl (C=O) groups excluding carboxylic acids is 1. The van der Waals surface area contributed by atoms with Crippen molar-refractivity contribution in [3.63, 3.8) is 0 Å². The van der Waals surface area contributed by atoms with Crippen molar-refractivity contribution in [2.75, 3.05) is 7.11 Å². The summed E-state index contributed by atoms with van der Waals surface area (Å²) in [7, 11) is 1.35. The number of phenols is 1. The highest BCUT2D eigenvalue weighted by Gasteiger charge is 2.54. The van der Waals surface area contributed by atoms with Gasteiger partial charge in [0.05, 0.1) is 12.7 Å². The second kappa shape index (κ2) is 7.78. The molecule has 4 atom stereocenters. The molecule has 0 radical (unpaired) electrons. The number of aryl methyl sites for hydroxylation is 1. The Morgan fingerprint density at radius 2 is 2.14 bits per heavy atom. The van der Waals surface area contributed by atoms with Crippen molar-refractivity contribution in [1.82, 2.24) is 0 Å². The number of allylic oxidation sites excluding steroid dienone is 1. The third-order valence-electron chi connectivity index (χ3n) is 6.36. The zero-order valence-electron chi connectivity index (χ0n) is 17.4. The molecular formula is C23H32O5. The predicted octanol–water partition coefficient (Wildman–Crippen LogP) is 4.49. The molecule has 0 unspecified atom stereocenters. The summed E-state index contributed by atoms with van der Waals surface area (Å²) in [6.45, 7) is 9.98. The Hall–Kier alpha value is -2.01. The monoisotopic (exact) mass is 388 g/mol. The molecule has 1 fully saturated rings. The van der Waals surface area contributed by atoms with Gasteiger partial charge in [-0.3, -0.25) is 0 Å². The van der Waals surface area contributed by atoms with Crippen LogP contribution >= 0.6 is 0 Å². The molecule has 1 aromatic carbocycles. The van der Waals surface area contributed by atoms with Gasteiger partial charge in [-0.05, 0) is 57.1 Å². The summed E-state index contributed by atoms with van der Waals surface area (Å²) < 4.78 is 11.3. The molecule has 5 nitrogen and oxygen atoms in total. The van der Waals surface area contributed by atoms with Gasteiger partial charge in [-0.15, -0.1) is 0 Å². The molecule has 1 aliphatic heterocycles. The quantitative estimate of drug-likeness (QED) is 0.426. The zero-order chi connectivity index (χ0) is 20.6. The van der Waals surface area contributed by atoms with E-state index in [9.17, 15) is 15.0 Å². The summed E-state index contributed by atoms with van der Waals surface area (Å²) in [5.74, 6) is -0.113. The fourth-order valence-electron chi connectivity index (χ4n) is 4.84. The molecular weight excluding hydrogens is 356 g/mol. The van der Waals surface area contributed by atoms with Crippen LogP contribution in [0.1, 0.15) is 80.3 Å². The summed E-state index contributed by atoms with van der Waals surface area (Å²) in [6, 6.07) is 1.69. The third-order valence-corrected chi connectivity index (χ3v) is 6.36. The van der Waals surface area contributed by atoms with Crippen molar-refractivity contribution in [3.8, 4) is 11.5 Å². The van der Waals surface area contributed by atoms with Crippen LogP contribution in [-0.4, -0.2) is 35.0 Å². The van der Waals surface area contributed by atoms with Crippen LogP contribution in [0.4, 0.5) is 0 Å². The van der Waals surface area contributed by atoms with Crippen molar-refractivity contribution in [3.05, 3.63) is 34.9 Å². The maximum absolute atomic E-state index is 12.7. The zero-order valence-corrected chi connectivity index (χ0v) is 17.4. The lowest BCUT2D eigenvalue weighted by molar-refractivity contribution is -0.0826. The standard InChI is InChI=1S/C23H32O5/c1-6-7-8-9-14-12-16(24)19-18-15(13(2)3)10-11-23(4,26)21(18)28-20(19)17(14)22(25)27-5/h12,15,18,21,24,26H,2,6-11H2,1,3-5H3/t15-,18+,21-,23-/m0/s1. The number of methoxy groups -OCH3 is 1. The SMILES string of the molecule is C=C(C)[C@@H]1CC[C@](C)(O)[C@H]2Oc3c(C(=O)OC)c(CCCCC)cc(O)c3[C@@H]12. The van der Waals surface area contributed by atoms with Gasteiger partial charge in [-0.25, -0.2) is 4.79 Å². The van der Waals surface area contributed by atoms with Gasteiger partial charge in [0.2, 0.25) is 0 Å². The molecule has 5 heteroatoms. The summed E-state index contributed by atoms with van der Waals surface area (Å²) in [5.41, 5.74) is 1.68. The maximum atomic E-state index is 12.7. The number of carbonyl (C=O) groups is 1. The average Bonchev–Trinajstić information content (AvgIpc) is 3.03. The number of unbranched alkanes of at least 4 members (excludes halogenated alkanes) is 2. The van der Waals surface area contributed by atoms with E-state index in [1.165, 1.54) is 7.11 Å². The summed E-state index contributed by atoms with van der Waals surface area (Å²) in [6.07, 6.45) is 4.49. The Kier molecular flexibility index (Phi) is 5.76. The molecule has 28 heavy (non-hydrogen) atoms. The average molecular weight is 389 g/mol. The molecule has 2 aliphatic rings. The number of fused-ring (bicyclic) bond motifs is 3. The molecule has 0 amide bonds. The van der Waals surface area contributed by atoms with E-state index in [1.54, 1.807) is 13.0 Å². The second-order valence-corrected chi connectivity index (χ2v) is 8.53. The fraction of sp³-hybridized carbons (Fsp3) is 0.609. The Morgan fingerprint density at radius 1 is 1.43 bits per heavy atom. The van der Waals surface area contributed by atoms with Gasteiger partial charge in [0, 0.05) is 11.5 Å². The molecule has 1 aliphatic carbocycles. The van der Waals surface area contributed by atoms with Gasteiger partial charge in [-0.2, -0.15) is 0 Å². The number of ether oxygens (including phenoxy) is 2. The van der Waals surface area contributed by atoms with Crippen molar-refractivity contribution in [1.29, 1.82) is 0 Å². The van der Waals surface area contributed by atoms with Crippen LogP contribution in [0.2, 0.25) is 0 Å². The smallest absolute Gasteiger partial charge is 0.341 e. The van der Waals surface area contributed by atoms with Crippen LogP contribution in [0.15, 0.2) is 18.2 Å². The summed E-state index contributed by atoms with van der Waals surface area (Å²) >= 11 is 0. The molecule has 0 spiro atoms. The van der Waals surface area contributed by atoms with Crippen molar-refractivity contribution in [2.45, 2.75) is 76.9 Å². The van der Waals surface area contributed by atoms with Crippen LogP contribution in [0.5, 0.6) is 11.5 Å². The van der Waals surface area contributed by atoms with Gasteiger partial charge in [-0.1, -0.05) is 31.9 Å². The molecule has 0 bridgehead atoms. The first-order chi connectivity index (χ1) is 13.2. The van der Waals surface area contributed by atoms with Gasteiger partial charge >= 0.3 is 5.97 Å². The maximum Gasteiger partial charge on any atom is 0.341 e. The number of aromatic hydroxyl groups is 1. The van der Waals surface area contributed by atoms with Crippen LogP contribution in [-0.2, 0) is 11.2 Å². The van der Waals surface area contributed by atoms with E-state index in [2.05, 4.69) is 13.5 Å². The molecule has 154 valence electrons. The topological polar surface area (TPSA) is 76.0 Å². The minimum absolute atomic E-state index is 0.0776. The van der Waals surface area contributed by atoms with E-state index in [1.807, 2.05) is 6.92 Å². The van der Waals surface area contributed by atoms with Gasteiger partial charge in [0.1, 0.15) is 23.2 Å². The largest absolute Gasteiger partial charge is 0.508 e. The molecule has 0 aromatic heterocycles. The van der Waals surface area contributed by atoms with E-state index in [0.717, 1.165) is 36.8 Å². The van der Waals surface area contributed by atoms with Gasteiger partial charge in [0.15, 0.2) is 0 Å². The number of benzene rings is 1. The number of phenolic OH excluding ortho intramolecular Hbond substituents is 1. The van der Waals surface area contributed by atoms with Gasteiger partial charge < -0.3 is 19.7 Å². The normalized spacial score (nSPS) is 28.2. The Balaban J connectivity index is 2.16. The number of aliphatic hydroxyl groups is 1. The van der Waals surface area contributed by atoms with Gasteiger partial charge in [0.25, 0.3) is 0 Å².